The van der Waals surface area contributed by atoms with Gasteiger partial charge in [-0.15, -0.1) is 0 Å². The first-order valence-electron chi connectivity index (χ1n) is 12.3. The molecule has 0 spiro atoms. The van der Waals surface area contributed by atoms with Crippen molar-refractivity contribution >= 4 is 28.8 Å². The second-order valence-corrected chi connectivity index (χ2v) is 8.93. The van der Waals surface area contributed by atoms with Gasteiger partial charge in [0.05, 0.1) is 0 Å². The average molecular weight is 487 g/mol. The van der Waals surface area contributed by atoms with E-state index in [9.17, 15) is 19.2 Å². The zero-order valence-electron chi connectivity index (χ0n) is 20.4. The minimum absolute atomic E-state index is 0.155. The minimum Gasteiger partial charge on any atom is -0.483 e. The van der Waals surface area contributed by atoms with E-state index in [2.05, 4.69) is 10.6 Å². The lowest BCUT2D eigenvalue weighted by Gasteiger charge is -2.18. The van der Waals surface area contributed by atoms with Crippen LogP contribution in [0.3, 0.4) is 0 Å². The van der Waals surface area contributed by atoms with E-state index in [4.69, 9.17) is 14.3 Å². The summed E-state index contributed by atoms with van der Waals surface area (Å²) in [5, 5.41) is 15.2. The smallest absolute Gasteiger partial charge is 0.339 e. The molecule has 1 aromatic heterocycles. The summed E-state index contributed by atoms with van der Waals surface area (Å²) in [5.41, 5.74) is 2.79. The standard InChI is InChI=1S/C26H34N2O7/c1-3-20(25(31)32)28-22(29)11-5-4-8-14-27-23(30)15-34-21-13-12-18-17-9-6-7-10-19(17)26(33)35-24(18)16(21)2/h12-13,20H,3-11,14-15H2,1-2H3,(H,27,30)(H,28,29)(H,31,32)/t20-/m0/s1. The number of unbranched alkanes of at least 4 members (excludes halogenated alkanes) is 2. The second-order valence-electron chi connectivity index (χ2n) is 8.93. The molecular formula is C26H34N2O7. The molecule has 0 radical (unpaired) electrons. The number of hydrogen-bond donors (Lipinski definition) is 3. The number of amides is 2. The molecule has 1 atom stereocenters. The van der Waals surface area contributed by atoms with Crippen molar-refractivity contribution in [2.45, 2.75) is 77.7 Å². The quantitative estimate of drug-likeness (QED) is 0.310. The molecule has 3 rings (SSSR count). The molecule has 9 nitrogen and oxygen atoms in total. The lowest BCUT2D eigenvalue weighted by Crippen LogP contribution is -2.40. The van der Waals surface area contributed by atoms with Crippen LogP contribution >= 0.6 is 0 Å². The Hall–Kier alpha value is -3.36. The minimum atomic E-state index is -1.03. The highest BCUT2D eigenvalue weighted by Gasteiger charge is 2.20. The van der Waals surface area contributed by atoms with Gasteiger partial charge in [0.15, 0.2) is 6.61 Å². The molecule has 0 aliphatic heterocycles. The van der Waals surface area contributed by atoms with Gasteiger partial charge < -0.3 is 24.9 Å². The maximum absolute atomic E-state index is 12.4. The van der Waals surface area contributed by atoms with Crippen LogP contribution in [0.2, 0.25) is 0 Å². The highest BCUT2D eigenvalue weighted by molar-refractivity contribution is 5.86. The third-order valence-electron chi connectivity index (χ3n) is 6.39. The molecule has 0 fully saturated rings. The summed E-state index contributed by atoms with van der Waals surface area (Å²) in [7, 11) is 0. The summed E-state index contributed by atoms with van der Waals surface area (Å²) in [6.07, 6.45) is 6.30. The highest BCUT2D eigenvalue weighted by atomic mass is 16.5. The number of carboxylic acids is 1. The van der Waals surface area contributed by atoms with Crippen LogP contribution in [-0.4, -0.2) is 42.1 Å². The molecule has 2 aromatic rings. The van der Waals surface area contributed by atoms with Crippen molar-refractivity contribution in [2.24, 2.45) is 0 Å². The topological polar surface area (TPSA) is 135 Å². The molecule has 2 amide bonds. The van der Waals surface area contributed by atoms with E-state index >= 15 is 0 Å². The number of fused-ring (bicyclic) bond motifs is 3. The number of carboxylic acid groups (broad SMARTS) is 1. The third-order valence-corrected chi connectivity index (χ3v) is 6.39. The molecule has 1 aliphatic rings. The summed E-state index contributed by atoms with van der Waals surface area (Å²) < 4.78 is 11.3. The SMILES string of the molecule is CC[C@H](NC(=O)CCCCCNC(=O)COc1ccc2c3c(c(=O)oc2c1C)CCCC3)C(=O)O. The number of benzene rings is 1. The zero-order valence-corrected chi connectivity index (χ0v) is 20.4. The van der Waals surface area contributed by atoms with Crippen molar-refractivity contribution in [1.82, 2.24) is 10.6 Å². The van der Waals surface area contributed by atoms with E-state index in [1.54, 1.807) is 6.92 Å². The number of ether oxygens (including phenoxy) is 1. The van der Waals surface area contributed by atoms with Crippen LogP contribution in [0.1, 0.15) is 68.6 Å². The highest BCUT2D eigenvalue weighted by Crippen LogP contribution is 2.32. The number of carbonyl (C=O) groups excluding carboxylic acids is 2. The van der Waals surface area contributed by atoms with Crippen LogP contribution < -0.4 is 21.0 Å². The predicted molar refractivity (Wildman–Crippen MR) is 131 cm³/mol. The van der Waals surface area contributed by atoms with E-state index in [1.165, 1.54) is 0 Å². The molecule has 9 heteroatoms. The maximum atomic E-state index is 12.4. The Balaban J connectivity index is 1.41. The van der Waals surface area contributed by atoms with E-state index in [0.717, 1.165) is 48.6 Å². The normalized spacial score (nSPS) is 13.7. The summed E-state index contributed by atoms with van der Waals surface area (Å²) >= 11 is 0. The first kappa shape index (κ1) is 26.2. The lowest BCUT2D eigenvalue weighted by atomic mass is 9.90. The van der Waals surface area contributed by atoms with E-state index in [1.807, 2.05) is 19.1 Å². The van der Waals surface area contributed by atoms with Gasteiger partial charge in [-0.3, -0.25) is 9.59 Å². The van der Waals surface area contributed by atoms with E-state index in [-0.39, 0.29) is 30.5 Å². The Morgan fingerprint density at radius 3 is 2.54 bits per heavy atom. The van der Waals surface area contributed by atoms with Crippen molar-refractivity contribution < 1.29 is 28.6 Å². The van der Waals surface area contributed by atoms with Crippen LogP contribution in [0.15, 0.2) is 21.3 Å². The Morgan fingerprint density at radius 2 is 1.83 bits per heavy atom. The van der Waals surface area contributed by atoms with Crippen LogP contribution in [0.5, 0.6) is 5.75 Å². The first-order chi connectivity index (χ1) is 16.8. The lowest BCUT2D eigenvalue weighted by molar-refractivity contribution is -0.141. The molecule has 0 saturated heterocycles. The molecule has 0 unspecified atom stereocenters. The summed E-state index contributed by atoms with van der Waals surface area (Å²) in [6.45, 7) is 3.83. The number of hydrogen-bond acceptors (Lipinski definition) is 6. The zero-order chi connectivity index (χ0) is 25.4. The van der Waals surface area contributed by atoms with Crippen molar-refractivity contribution in [3.05, 3.63) is 39.2 Å². The van der Waals surface area contributed by atoms with Gasteiger partial charge in [-0.2, -0.15) is 0 Å². The van der Waals surface area contributed by atoms with Gasteiger partial charge in [0.1, 0.15) is 17.4 Å². The van der Waals surface area contributed by atoms with Crippen molar-refractivity contribution in [1.29, 1.82) is 0 Å². The Labute approximate surface area is 204 Å². The van der Waals surface area contributed by atoms with Crippen LogP contribution in [0.25, 0.3) is 11.0 Å². The van der Waals surface area contributed by atoms with Crippen molar-refractivity contribution in [3.63, 3.8) is 0 Å². The van der Waals surface area contributed by atoms with Gasteiger partial charge in [-0.25, -0.2) is 9.59 Å². The van der Waals surface area contributed by atoms with Gasteiger partial charge in [-0.05, 0) is 69.6 Å². The predicted octanol–water partition coefficient (Wildman–Crippen LogP) is 3.02. The monoisotopic (exact) mass is 486 g/mol. The molecule has 0 saturated carbocycles. The Bertz CT molecular complexity index is 1140. The number of aliphatic carboxylic acids is 1. The van der Waals surface area contributed by atoms with Crippen molar-refractivity contribution in [2.75, 3.05) is 13.2 Å². The largest absolute Gasteiger partial charge is 0.483 e. The number of carbonyl (C=O) groups is 3. The third kappa shape index (κ3) is 6.83. The van der Waals surface area contributed by atoms with Crippen LogP contribution in [0.4, 0.5) is 0 Å². The number of nitrogens with one attached hydrogen (secondary N) is 2. The van der Waals surface area contributed by atoms with Crippen LogP contribution in [-0.2, 0) is 27.2 Å². The fourth-order valence-electron chi connectivity index (χ4n) is 4.40. The fraction of sp³-hybridized carbons (Fsp3) is 0.538. The molecule has 190 valence electrons. The molecule has 0 bridgehead atoms. The van der Waals surface area contributed by atoms with E-state index in [0.29, 0.717) is 42.7 Å². The molecule has 1 aromatic carbocycles. The van der Waals surface area contributed by atoms with Gasteiger partial charge in [0.2, 0.25) is 5.91 Å². The maximum Gasteiger partial charge on any atom is 0.339 e. The molecule has 1 aliphatic carbocycles. The van der Waals surface area contributed by atoms with Gasteiger partial charge in [0.25, 0.3) is 5.91 Å². The molecular weight excluding hydrogens is 452 g/mol. The average Bonchev–Trinajstić information content (AvgIpc) is 2.84. The summed E-state index contributed by atoms with van der Waals surface area (Å²) in [4.78, 5) is 47.3. The van der Waals surface area contributed by atoms with Gasteiger partial charge >= 0.3 is 11.6 Å². The Morgan fingerprint density at radius 1 is 1.09 bits per heavy atom. The fourth-order valence-corrected chi connectivity index (χ4v) is 4.40. The molecule has 35 heavy (non-hydrogen) atoms. The number of aryl methyl sites for hydroxylation is 2. The molecule has 3 N–H and O–H groups in total. The summed E-state index contributed by atoms with van der Waals surface area (Å²) in [5.74, 6) is -1.07. The Kier molecular flexibility index (Phi) is 9.28. The van der Waals surface area contributed by atoms with Crippen molar-refractivity contribution in [3.8, 4) is 5.75 Å². The first-order valence-corrected chi connectivity index (χ1v) is 12.3. The molecule has 1 heterocycles. The van der Waals surface area contributed by atoms with Gasteiger partial charge in [-0.1, -0.05) is 13.3 Å². The second kappa shape index (κ2) is 12.4. The van der Waals surface area contributed by atoms with Gasteiger partial charge in [0, 0.05) is 29.5 Å². The van der Waals surface area contributed by atoms with Crippen LogP contribution in [0, 0.1) is 6.92 Å². The summed E-state index contributed by atoms with van der Waals surface area (Å²) in [6, 6.07) is 2.87. The number of rotatable bonds is 12. The van der Waals surface area contributed by atoms with E-state index < -0.39 is 12.0 Å².